The molecule has 0 N–H and O–H groups in total. The van der Waals surface area contributed by atoms with Crippen molar-refractivity contribution in [3.63, 3.8) is 0 Å². The standard InChI is InChI=1S/C12H9BrN4O2/c1-7-12(17(18)19)8(2)16(15-7)10-4-3-9(6-14)11(13)5-10/h3-5H,1-2H3. The van der Waals surface area contributed by atoms with Crippen LogP contribution in [0.5, 0.6) is 0 Å². The largest absolute Gasteiger partial charge is 0.313 e. The molecule has 1 aromatic carbocycles. The minimum Gasteiger partial charge on any atom is -0.258 e. The van der Waals surface area contributed by atoms with Gasteiger partial charge in [0.25, 0.3) is 0 Å². The minimum atomic E-state index is -0.438. The van der Waals surface area contributed by atoms with Crippen LogP contribution in [0.4, 0.5) is 5.69 Å². The Balaban J connectivity index is 2.61. The molecule has 0 saturated heterocycles. The number of rotatable bonds is 2. The van der Waals surface area contributed by atoms with Gasteiger partial charge >= 0.3 is 5.69 Å². The van der Waals surface area contributed by atoms with Crippen molar-refractivity contribution in [2.45, 2.75) is 13.8 Å². The van der Waals surface area contributed by atoms with E-state index >= 15 is 0 Å². The summed E-state index contributed by atoms with van der Waals surface area (Å²) < 4.78 is 2.13. The van der Waals surface area contributed by atoms with E-state index in [1.54, 1.807) is 32.0 Å². The number of aryl methyl sites for hydroxylation is 1. The van der Waals surface area contributed by atoms with Crippen LogP contribution in [0.15, 0.2) is 22.7 Å². The molecule has 0 fully saturated rings. The first kappa shape index (κ1) is 13.2. The fourth-order valence-electron chi connectivity index (χ4n) is 1.88. The van der Waals surface area contributed by atoms with Crippen LogP contribution >= 0.6 is 15.9 Å². The van der Waals surface area contributed by atoms with Gasteiger partial charge in [-0.1, -0.05) is 0 Å². The van der Waals surface area contributed by atoms with Gasteiger partial charge in [-0.15, -0.1) is 0 Å². The molecule has 0 unspecified atom stereocenters. The number of benzene rings is 1. The van der Waals surface area contributed by atoms with Crippen LogP contribution in [0.1, 0.15) is 17.0 Å². The predicted molar refractivity (Wildman–Crippen MR) is 72.1 cm³/mol. The van der Waals surface area contributed by atoms with Crippen LogP contribution in [0.25, 0.3) is 5.69 Å². The van der Waals surface area contributed by atoms with Crippen molar-refractivity contribution in [2.75, 3.05) is 0 Å². The van der Waals surface area contributed by atoms with Crippen LogP contribution < -0.4 is 0 Å². The first-order chi connectivity index (χ1) is 8.95. The lowest BCUT2D eigenvalue weighted by Gasteiger charge is -2.04. The second-order valence-corrected chi connectivity index (χ2v) is 4.82. The van der Waals surface area contributed by atoms with E-state index in [0.29, 0.717) is 27.1 Å². The van der Waals surface area contributed by atoms with Gasteiger partial charge in [0, 0.05) is 4.47 Å². The Morgan fingerprint density at radius 2 is 2.16 bits per heavy atom. The summed E-state index contributed by atoms with van der Waals surface area (Å²) in [6.07, 6.45) is 0. The molecule has 0 radical (unpaired) electrons. The molecule has 96 valence electrons. The van der Waals surface area contributed by atoms with Crippen LogP contribution in [0.2, 0.25) is 0 Å². The molecule has 0 saturated carbocycles. The van der Waals surface area contributed by atoms with E-state index in [1.165, 1.54) is 4.68 Å². The Bertz CT molecular complexity index is 715. The Morgan fingerprint density at radius 1 is 1.47 bits per heavy atom. The zero-order chi connectivity index (χ0) is 14.2. The van der Waals surface area contributed by atoms with Gasteiger partial charge in [0.15, 0.2) is 0 Å². The number of hydrogen-bond donors (Lipinski definition) is 0. The van der Waals surface area contributed by atoms with E-state index in [-0.39, 0.29) is 5.69 Å². The summed E-state index contributed by atoms with van der Waals surface area (Å²) in [4.78, 5) is 10.5. The third-order valence-electron chi connectivity index (χ3n) is 2.75. The lowest BCUT2D eigenvalue weighted by Crippen LogP contribution is -2.00. The molecule has 0 aliphatic carbocycles. The molecule has 2 aromatic rings. The number of halogens is 1. The van der Waals surface area contributed by atoms with Gasteiger partial charge in [0.2, 0.25) is 0 Å². The third-order valence-corrected chi connectivity index (χ3v) is 3.41. The highest BCUT2D eigenvalue weighted by Crippen LogP contribution is 2.26. The molecule has 1 aromatic heterocycles. The van der Waals surface area contributed by atoms with Gasteiger partial charge in [-0.2, -0.15) is 10.4 Å². The topological polar surface area (TPSA) is 84.8 Å². The highest BCUT2D eigenvalue weighted by Gasteiger charge is 2.22. The van der Waals surface area contributed by atoms with E-state index in [0.717, 1.165) is 0 Å². The maximum Gasteiger partial charge on any atom is 0.313 e. The van der Waals surface area contributed by atoms with Gasteiger partial charge in [0.05, 0.1) is 16.2 Å². The van der Waals surface area contributed by atoms with Crippen molar-refractivity contribution in [2.24, 2.45) is 0 Å². The molecule has 0 amide bonds. The second-order valence-electron chi connectivity index (χ2n) is 3.96. The first-order valence-corrected chi connectivity index (χ1v) is 6.15. The summed E-state index contributed by atoms with van der Waals surface area (Å²) in [5, 5.41) is 24.0. The average Bonchev–Trinajstić information content (AvgIpc) is 2.64. The van der Waals surface area contributed by atoms with Crippen molar-refractivity contribution in [3.05, 3.63) is 49.7 Å². The van der Waals surface area contributed by atoms with Crippen LogP contribution in [-0.2, 0) is 0 Å². The molecule has 0 spiro atoms. The Labute approximate surface area is 117 Å². The summed E-state index contributed by atoms with van der Waals surface area (Å²) in [5.41, 5.74) is 2.00. The predicted octanol–water partition coefficient (Wildman–Crippen LogP) is 3.03. The molecule has 0 aliphatic heterocycles. The van der Waals surface area contributed by atoms with Gasteiger partial charge in [-0.3, -0.25) is 10.1 Å². The van der Waals surface area contributed by atoms with E-state index in [1.807, 2.05) is 6.07 Å². The highest BCUT2D eigenvalue weighted by molar-refractivity contribution is 9.10. The summed E-state index contributed by atoms with van der Waals surface area (Å²) in [6.45, 7) is 3.24. The number of nitriles is 1. The lowest BCUT2D eigenvalue weighted by atomic mass is 10.2. The molecule has 7 heteroatoms. The smallest absolute Gasteiger partial charge is 0.258 e. The summed E-state index contributed by atoms with van der Waals surface area (Å²) >= 11 is 3.29. The van der Waals surface area contributed by atoms with E-state index in [4.69, 9.17) is 5.26 Å². The molecule has 1 heterocycles. The number of hydrogen-bond acceptors (Lipinski definition) is 4. The van der Waals surface area contributed by atoms with E-state index in [2.05, 4.69) is 21.0 Å². The fraction of sp³-hybridized carbons (Fsp3) is 0.167. The van der Waals surface area contributed by atoms with Crippen molar-refractivity contribution >= 4 is 21.6 Å². The zero-order valence-electron chi connectivity index (χ0n) is 10.2. The highest BCUT2D eigenvalue weighted by atomic mass is 79.9. The molecular weight excluding hydrogens is 312 g/mol. The normalized spacial score (nSPS) is 10.2. The fourth-order valence-corrected chi connectivity index (χ4v) is 2.33. The van der Waals surface area contributed by atoms with E-state index in [9.17, 15) is 10.1 Å². The van der Waals surface area contributed by atoms with Crippen LogP contribution in [0.3, 0.4) is 0 Å². The molecule has 0 aliphatic rings. The second kappa shape index (κ2) is 4.82. The minimum absolute atomic E-state index is 0.0143. The van der Waals surface area contributed by atoms with Crippen LogP contribution in [-0.4, -0.2) is 14.7 Å². The number of nitro groups is 1. The zero-order valence-corrected chi connectivity index (χ0v) is 11.8. The number of nitrogens with zero attached hydrogens (tertiary/aromatic N) is 4. The molecule has 0 atom stereocenters. The third kappa shape index (κ3) is 2.22. The van der Waals surface area contributed by atoms with E-state index < -0.39 is 4.92 Å². The van der Waals surface area contributed by atoms with Gasteiger partial charge in [-0.25, -0.2) is 4.68 Å². The van der Waals surface area contributed by atoms with Crippen molar-refractivity contribution < 1.29 is 4.92 Å². The summed E-state index contributed by atoms with van der Waals surface area (Å²) in [5.74, 6) is 0. The number of aromatic nitrogens is 2. The molecular formula is C12H9BrN4O2. The Kier molecular flexibility index (Phi) is 3.36. The SMILES string of the molecule is Cc1nn(-c2ccc(C#N)c(Br)c2)c(C)c1[N+](=O)[O-]. The average molecular weight is 321 g/mol. The van der Waals surface area contributed by atoms with Crippen LogP contribution in [0, 0.1) is 35.3 Å². The maximum atomic E-state index is 11.0. The molecule has 6 nitrogen and oxygen atoms in total. The Hall–Kier alpha value is -2.20. The quantitative estimate of drug-likeness (QED) is 0.628. The molecule has 19 heavy (non-hydrogen) atoms. The van der Waals surface area contributed by atoms with Gasteiger partial charge in [-0.05, 0) is 48.0 Å². The van der Waals surface area contributed by atoms with Gasteiger partial charge in [0.1, 0.15) is 17.5 Å². The van der Waals surface area contributed by atoms with Crippen molar-refractivity contribution in [1.82, 2.24) is 9.78 Å². The Morgan fingerprint density at radius 3 is 2.63 bits per heavy atom. The van der Waals surface area contributed by atoms with Crippen molar-refractivity contribution in [3.8, 4) is 11.8 Å². The molecule has 0 bridgehead atoms. The van der Waals surface area contributed by atoms with Gasteiger partial charge < -0.3 is 0 Å². The lowest BCUT2D eigenvalue weighted by molar-refractivity contribution is -0.386. The summed E-state index contributed by atoms with van der Waals surface area (Å²) in [6, 6.07) is 7.09. The molecule has 2 rings (SSSR count). The summed E-state index contributed by atoms with van der Waals surface area (Å²) in [7, 11) is 0. The van der Waals surface area contributed by atoms with Crippen molar-refractivity contribution in [1.29, 1.82) is 5.26 Å². The maximum absolute atomic E-state index is 11.0. The first-order valence-electron chi connectivity index (χ1n) is 5.36. The monoisotopic (exact) mass is 320 g/mol.